The van der Waals surface area contributed by atoms with Gasteiger partial charge in [-0.1, -0.05) is 11.6 Å². The van der Waals surface area contributed by atoms with Crippen molar-refractivity contribution in [3.8, 4) is 0 Å². The standard InChI is InChI=1S/C12H16ClNOS/c1-9(15)11-5-4-10(8-12(11)13)16-7-6-14(2)3/h4-5,8H,6-7H2,1-3H3. The predicted molar refractivity (Wildman–Crippen MR) is 70.7 cm³/mol. The van der Waals surface area contributed by atoms with E-state index in [0.29, 0.717) is 10.6 Å². The Kier molecular flexibility index (Phi) is 5.32. The van der Waals surface area contributed by atoms with Crippen molar-refractivity contribution in [1.29, 1.82) is 0 Å². The molecule has 0 aliphatic heterocycles. The van der Waals surface area contributed by atoms with Crippen molar-refractivity contribution in [2.45, 2.75) is 11.8 Å². The van der Waals surface area contributed by atoms with Gasteiger partial charge in [0, 0.05) is 22.8 Å². The van der Waals surface area contributed by atoms with Crippen molar-refractivity contribution in [2.24, 2.45) is 0 Å². The second-order valence-corrected chi connectivity index (χ2v) is 5.43. The van der Waals surface area contributed by atoms with Crippen LogP contribution in [0.1, 0.15) is 17.3 Å². The van der Waals surface area contributed by atoms with Crippen LogP contribution in [0.15, 0.2) is 23.1 Å². The first-order chi connectivity index (χ1) is 7.50. The zero-order valence-corrected chi connectivity index (χ0v) is 11.4. The summed E-state index contributed by atoms with van der Waals surface area (Å²) in [5, 5.41) is 0.544. The summed E-state index contributed by atoms with van der Waals surface area (Å²) in [4.78, 5) is 14.4. The molecule has 0 saturated carbocycles. The summed E-state index contributed by atoms with van der Waals surface area (Å²) < 4.78 is 0. The number of benzene rings is 1. The van der Waals surface area contributed by atoms with Crippen LogP contribution in [-0.4, -0.2) is 37.1 Å². The maximum atomic E-state index is 11.2. The highest BCUT2D eigenvalue weighted by Crippen LogP contribution is 2.25. The van der Waals surface area contributed by atoms with Gasteiger partial charge < -0.3 is 4.90 Å². The molecule has 0 atom stereocenters. The third kappa shape index (κ3) is 4.16. The summed E-state index contributed by atoms with van der Waals surface area (Å²) in [5.41, 5.74) is 0.596. The van der Waals surface area contributed by atoms with Gasteiger partial charge in [-0.05, 0) is 39.2 Å². The molecular weight excluding hydrogens is 242 g/mol. The first kappa shape index (κ1) is 13.6. The molecule has 16 heavy (non-hydrogen) atoms. The van der Waals surface area contributed by atoms with Crippen molar-refractivity contribution >= 4 is 29.1 Å². The first-order valence-electron chi connectivity index (χ1n) is 5.08. The van der Waals surface area contributed by atoms with E-state index in [1.54, 1.807) is 17.8 Å². The highest BCUT2D eigenvalue weighted by Gasteiger charge is 2.06. The summed E-state index contributed by atoms with van der Waals surface area (Å²) in [6, 6.07) is 5.60. The van der Waals surface area contributed by atoms with Crippen molar-refractivity contribution in [2.75, 3.05) is 26.4 Å². The minimum absolute atomic E-state index is 0.00911. The second-order valence-electron chi connectivity index (χ2n) is 3.85. The maximum Gasteiger partial charge on any atom is 0.161 e. The fourth-order valence-corrected chi connectivity index (χ4v) is 2.65. The van der Waals surface area contributed by atoms with E-state index in [4.69, 9.17) is 11.6 Å². The lowest BCUT2D eigenvalue weighted by atomic mass is 10.1. The third-order valence-electron chi connectivity index (χ3n) is 2.13. The summed E-state index contributed by atoms with van der Waals surface area (Å²) in [6.07, 6.45) is 0. The molecule has 0 N–H and O–H groups in total. The van der Waals surface area contributed by atoms with Gasteiger partial charge in [-0.25, -0.2) is 0 Å². The second kappa shape index (κ2) is 6.28. The molecule has 0 bridgehead atoms. The number of Topliss-reactive ketones (excluding diaryl/α,β-unsaturated/α-hetero) is 1. The van der Waals surface area contributed by atoms with E-state index in [9.17, 15) is 4.79 Å². The van der Waals surface area contributed by atoms with Gasteiger partial charge in [0.25, 0.3) is 0 Å². The van der Waals surface area contributed by atoms with Crippen LogP contribution in [0.3, 0.4) is 0 Å². The van der Waals surface area contributed by atoms with Crippen LogP contribution in [0.2, 0.25) is 5.02 Å². The van der Waals surface area contributed by atoms with Crippen molar-refractivity contribution in [1.82, 2.24) is 4.90 Å². The Morgan fingerprint density at radius 2 is 2.12 bits per heavy atom. The van der Waals surface area contributed by atoms with Gasteiger partial charge in [-0.15, -0.1) is 11.8 Å². The van der Waals surface area contributed by atoms with Crippen LogP contribution in [0.4, 0.5) is 0 Å². The van der Waals surface area contributed by atoms with Crippen LogP contribution in [0, 0.1) is 0 Å². The quantitative estimate of drug-likeness (QED) is 0.597. The molecule has 0 spiro atoms. The molecule has 0 aliphatic carbocycles. The van der Waals surface area contributed by atoms with Crippen LogP contribution in [-0.2, 0) is 0 Å². The minimum Gasteiger partial charge on any atom is -0.309 e. The Balaban J connectivity index is 2.63. The highest BCUT2D eigenvalue weighted by atomic mass is 35.5. The molecule has 0 fully saturated rings. The van der Waals surface area contributed by atoms with E-state index in [2.05, 4.69) is 4.90 Å². The molecule has 2 nitrogen and oxygen atoms in total. The van der Waals surface area contributed by atoms with Gasteiger partial charge in [-0.3, -0.25) is 4.79 Å². The molecule has 0 radical (unpaired) electrons. The lowest BCUT2D eigenvalue weighted by Gasteiger charge is -2.09. The number of halogens is 1. The number of ketones is 1. The zero-order valence-electron chi connectivity index (χ0n) is 9.79. The Bertz CT molecular complexity index is 379. The summed E-state index contributed by atoms with van der Waals surface area (Å²) in [6.45, 7) is 2.55. The molecule has 88 valence electrons. The molecule has 4 heteroatoms. The van der Waals surface area contributed by atoms with Crippen LogP contribution in [0.25, 0.3) is 0 Å². The molecule has 1 aromatic carbocycles. The molecule has 1 rings (SSSR count). The average Bonchev–Trinajstić information content (AvgIpc) is 2.16. The number of rotatable bonds is 5. The number of hydrogen-bond acceptors (Lipinski definition) is 3. The maximum absolute atomic E-state index is 11.2. The van der Waals surface area contributed by atoms with Crippen molar-refractivity contribution in [3.63, 3.8) is 0 Å². The smallest absolute Gasteiger partial charge is 0.161 e. The lowest BCUT2D eigenvalue weighted by Crippen LogP contribution is -2.14. The van der Waals surface area contributed by atoms with E-state index in [1.807, 2.05) is 26.2 Å². The van der Waals surface area contributed by atoms with E-state index in [0.717, 1.165) is 17.2 Å². The van der Waals surface area contributed by atoms with Gasteiger partial charge >= 0.3 is 0 Å². The molecule has 0 saturated heterocycles. The van der Waals surface area contributed by atoms with E-state index in [-0.39, 0.29) is 5.78 Å². The number of nitrogens with zero attached hydrogens (tertiary/aromatic N) is 1. The van der Waals surface area contributed by atoms with E-state index >= 15 is 0 Å². The largest absolute Gasteiger partial charge is 0.309 e. The van der Waals surface area contributed by atoms with E-state index in [1.165, 1.54) is 6.92 Å². The Labute approximate surface area is 106 Å². The molecule has 0 aromatic heterocycles. The minimum atomic E-state index is 0.00911. The average molecular weight is 258 g/mol. The predicted octanol–water partition coefficient (Wildman–Crippen LogP) is 3.20. The molecule has 1 aromatic rings. The number of hydrogen-bond donors (Lipinski definition) is 0. The summed E-state index contributed by atoms with van der Waals surface area (Å²) in [7, 11) is 4.10. The van der Waals surface area contributed by atoms with E-state index < -0.39 is 0 Å². The summed E-state index contributed by atoms with van der Waals surface area (Å²) in [5.74, 6) is 1.03. The molecule has 0 amide bonds. The van der Waals surface area contributed by atoms with Crippen LogP contribution < -0.4 is 0 Å². The topological polar surface area (TPSA) is 20.3 Å². The Morgan fingerprint density at radius 3 is 2.62 bits per heavy atom. The van der Waals surface area contributed by atoms with Gasteiger partial charge in [0.1, 0.15) is 0 Å². The van der Waals surface area contributed by atoms with Gasteiger partial charge in [0.2, 0.25) is 0 Å². The van der Waals surface area contributed by atoms with Gasteiger partial charge in [-0.2, -0.15) is 0 Å². The van der Waals surface area contributed by atoms with Crippen LogP contribution >= 0.6 is 23.4 Å². The Hall–Kier alpha value is -0.510. The first-order valence-corrected chi connectivity index (χ1v) is 6.45. The normalized spacial score (nSPS) is 10.8. The molecule has 0 heterocycles. The van der Waals surface area contributed by atoms with Gasteiger partial charge in [0.15, 0.2) is 5.78 Å². The van der Waals surface area contributed by atoms with Gasteiger partial charge in [0.05, 0.1) is 5.02 Å². The van der Waals surface area contributed by atoms with Crippen LogP contribution in [0.5, 0.6) is 0 Å². The highest BCUT2D eigenvalue weighted by molar-refractivity contribution is 7.99. The number of carbonyl (C=O) groups excluding carboxylic acids is 1. The monoisotopic (exact) mass is 257 g/mol. The molecule has 0 unspecified atom stereocenters. The molecule has 0 aliphatic rings. The lowest BCUT2D eigenvalue weighted by molar-refractivity contribution is 0.101. The number of carbonyl (C=O) groups is 1. The SMILES string of the molecule is CC(=O)c1ccc(SCCN(C)C)cc1Cl. The fourth-order valence-electron chi connectivity index (χ4n) is 1.22. The third-order valence-corrected chi connectivity index (χ3v) is 3.41. The molecular formula is C12H16ClNOS. The Morgan fingerprint density at radius 1 is 1.44 bits per heavy atom. The summed E-state index contributed by atoms with van der Waals surface area (Å²) >= 11 is 7.77. The zero-order chi connectivity index (χ0) is 12.1. The fraction of sp³-hybridized carbons (Fsp3) is 0.417. The number of thioether (sulfide) groups is 1. The van der Waals surface area contributed by atoms with Crippen molar-refractivity contribution in [3.05, 3.63) is 28.8 Å². The van der Waals surface area contributed by atoms with Crippen molar-refractivity contribution < 1.29 is 4.79 Å².